The van der Waals surface area contributed by atoms with Crippen molar-refractivity contribution >= 4 is 5.97 Å². The Morgan fingerprint density at radius 3 is 2.83 bits per heavy atom. The Labute approximate surface area is 107 Å². The van der Waals surface area contributed by atoms with Gasteiger partial charge < -0.3 is 14.2 Å². The van der Waals surface area contributed by atoms with Gasteiger partial charge in [-0.05, 0) is 26.1 Å². The van der Waals surface area contributed by atoms with Crippen LogP contribution < -0.4 is 5.56 Å². The van der Waals surface area contributed by atoms with Gasteiger partial charge in [0, 0.05) is 31.8 Å². The number of carbonyl (C=O) groups is 1. The predicted octanol–water partition coefficient (Wildman–Crippen LogP) is 0.733. The summed E-state index contributed by atoms with van der Waals surface area (Å²) >= 11 is 0. The Bertz CT molecular complexity index is 428. The lowest BCUT2D eigenvalue weighted by molar-refractivity contribution is -0.140. The average molecular weight is 252 g/mol. The molecule has 0 amide bonds. The highest BCUT2D eigenvalue weighted by molar-refractivity contribution is 5.69. The first kappa shape index (κ1) is 14.4. The third kappa shape index (κ3) is 5.14. The van der Waals surface area contributed by atoms with Crippen molar-refractivity contribution in [1.82, 2.24) is 9.47 Å². The van der Waals surface area contributed by atoms with Crippen molar-refractivity contribution in [3.05, 3.63) is 34.7 Å². The van der Waals surface area contributed by atoms with E-state index in [9.17, 15) is 9.59 Å². The van der Waals surface area contributed by atoms with E-state index in [2.05, 4.69) is 9.64 Å². The van der Waals surface area contributed by atoms with Crippen molar-refractivity contribution in [3.63, 3.8) is 0 Å². The molecule has 100 valence electrons. The molecule has 5 nitrogen and oxygen atoms in total. The first-order chi connectivity index (χ1) is 8.63. The Balaban J connectivity index is 2.25. The van der Waals surface area contributed by atoms with Crippen LogP contribution in [0.3, 0.4) is 0 Å². The van der Waals surface area contributed by atoms with Gasteiger partial charge in [0.1, 0.15) is 0 Å². The number of methoxy groups -OCH3 is 1. The fraction of sp³-hybridized carbons (Fsp3) is 0.538. The molecule has 0 aliphatic heterocycles. The zero-order valence-corrected chi connectivity index (χ0v) is 11.0. The van der Waals surface area contributed by atoms with E-state index < -0.39 is 0 Å². The monoisotopic (exact) mass is 252 g/mol. The zero-order valence-electron chi connectivity index (χ0n) is 11.0. The van der Waals surface area contributed by atoms with Crippen molar-refractivity contribution in [1.29, 1.82) is 0 Å². The van der Waals surface area contributed by atoms with Gasteiger partial charge in [0.05, 0.1) is 7.11 Å². The molecule has 1 rings (SSSR count). The summed E-state index contributed by atoms with van der Waals surface area (Å²) in [6.45, 7) is 2.26. The number of pyridine rings is 1. The molecule has 0 aromatic carbocycles. The molecule has 18 heavy (non-hydrogen) atoms. The van der Waals surface area contributed by atoms with Gasteiger partial charge in [0.15, 0.2) is 0 Å². The van der Waals surface area contributed by atoms with Gasteiger partial charge in [0.25, 0.3) is 5.56 Å². The molecule has 0 saturated carbocycles. The van der Waals surface area contributed by atoms with E-state index in [1.54, 1.807) is 22.9 Å². The SMILES string of the molecule is COC(=O)CCCN(C)CCn1ccccc1=O. The molecule has 0 N–H and O–H groups in total. The zero-order chi connectivity index (χ0) is 13.4. The van der Waals surface area contributed by atoms with Crippen molar-refractivity contribution in [2.45, 2.75) is 19.4 Å². The van der Waals surface area contributed by atoms with Gasteiger partial charge in [0.2, 0.25) is 0 Å². The molecule has 0 saturated heterocycles. The number of ether oxygens (including phenoxy) is 1. The largest absolute Gasteiger partial charge is 0.469 e. The van der Waals surface area contributed by atoms with E-state index >= 15 is 0 Å². The average Bonchev–Trinajstić information content (AvgIpc) is 2.37. The van der Waals surface area contributed by atoms with Crippen LogP contribution in [-0.2, 0) is 16.1 Å². The topological polar surface area (TPSA) is 51.5 Å². The molecule has 0 unspecified atom stereocenters. The van der Waals surface area contributed by atoms with Gasteiger partial charge in [-0.15, -0.1) is 0 Å². The minimum absolute atomic E-state index is 0.0143. The summed E-state index contributed by atoms with van der Waals surface area (Å²) in [5.74, 6) is -0.178. The molecule has 1 aromatic rings. The van der Waals surface area contributed by atoms with Crippen LogP contribution in [0.2, 0.25) is 0 Å². The van der Waals surface area contributed by atoms with Crippen LogP contribution in [0.25, 0.3) is 0 Å². The maximum absolute atomic E-state index is 11.5. The molecule has 0 spiro atoms. The van der Waals surface area contributed by atoms with E-state index in [1.165, 1.54) is 7.11 Å². The summed E-state index contributed by atoms with van der Waals surface area (Å²) in [7, 11) is 3.37. The summed E-state index contributed by atoms with van der Waals surface area (Å²) in [6.07, 6.45) is 2.99. The molecular weight excluding hydrogens is 232 g/mol. The van der Waals surface area contributed by atoms with Gasteiger partial charge in [-0.1, -0.05) is 6.07 Å². The summed E-state index contributed by atoms with van der Waals surface area (Å²) in [5.41, 5.74) is 0.0143. The highest BCUT2D eigenvalue weighted by atomic mass is 16.5. The first-order valence-electron chi connectivity index (χ1n) is 6.04. The van der Waals surface area contributed by atoms with E-state index in [-0.39, 0.29) is 11.5 Å². The minimum Gasteiger partial charge on any atom is -0.469 e. The number of hydrogen-bond donors (Lipinski definition) is 0. The maximum atomic E-state index is 11.5. The summed E-state index contributed by atoms with van der Waals surface area (Å²) in [6, 6.07) is 5.13. The number of carbonyl (C=O) groups excluding carboxylic acids is 1. The summed E-state index contributed by atoms with van der Waals surface area (Å²) in [4.78, 5) is 24.5. The molecule has 0 fully saturated rings. The van der Waals surface area contributed by atoms with E-state index in [0.717, 1.165) is 19.5 Å². The lowest BCUT2D eigenvalue weighted by atomic mass is 10.3. The van der Waals surface area contributed by atoms with Gasteiger partial charge in [-0.2, -0.15) is 0 Å². The minimum atomic E-state index is -0.178. The normalized spacial score (nSPS) is 10.6. The van der Waals surface area contributed by atoms with Crippen molar-refractivity contribution < 1.29 is 9.53 Å². The number of hydrogen-bond acceptors (Lipinski definition) is 4. The van der Waals surface area contributed by atoms with Gasteiger partial charge in [-0.3, -0.25) is 9.59 Å². The lowest BCUT2D eigenvalue weighted by Gasteiger charge is -2.16. The third-order valence-corrected chi connectivity index (χ3v) is 2.77. The second kappa shape index (κ2) is 7.66. The number of esters is 1. The van der Waals surface area contributed by atoms with Gasteiger partial charge >= 0.3 is 5.97 Å². The molecule has 0 atom stereocenters. The standard InChI is InChI=1S/C13H20N2O3/c1-14(8-5-7-13(17)18-2)10-11-15-9-4-3-6-12(15)16/h3-4,6,9H,5,7-8,10-11H2,1-2H3. The number of likely N-dealkylation sites (N-methyl/N-ethyl adjacent to an activating group) is 1. The van der Waals surface area contributed by atoms with Crippen LogP contribution in [0.1, 0.15) is 12.8 Å². The van der Waals surface area contributed by atoms with E-state index in [0.29, 0.717) is 13.0 Å². The molecule has 0 radical (unpaired) electrons. The van der Waals surface area contributed by atoms with E-state index in [4.69, 9.17) is 0 Å². The van der Waals surface area contributed by atoms with Crippen molar-refractivity contribution in [2.24, 2.45) is 0 Å². The Hall–Kier alpha value is -1.62. The Morgan fingerprint density at radius 1 is 1.39 bits per heavy atom. The highest BCUT2D eigenvalue weighted by Crippen LogP contribution is 1.95. The van der Waals surface area contributed by atoms with Crippen molar-refractivity contribution in [3.8, 4) is 0 Å². The highest BCUT2D eigenvalue weighted by Gasteiger charge is 2.03. The molecule has 0 bridgehead atoms. The predicted molar refractivity (Wildman–Crippen MR) is 69.4 cm³/mol. The smallest absolute Gasteiger partial charge is 0.305 e. The lowest BCUT2D eigenvalue weighted by Crippen LogP contribution is -2.28. The van der Waals surface area contributed by atoms with Crippen LogP contribution >= 0.6 is 0 Å². The maximum Gasteiger partial charge on any atom is 0.305 e. The summed E-state index contributed by atoms with van der Waals surface area (Å²) in [5, 5.41) is 0. The second-order valence-corrected chi connectivity index (χ2v) is 4.22. The molecule has 0 aliphatic carbocycles. The second-order valence-electron chi connectivity index (χ2n) is 4.22. The first-order valence-corrected chi connectivity index (χ1v) is 6.04. The van der Waals surface area contributed by atoms with Crippen LogP contribution in [0, 0.1) is 0 Å². The molecule has 5 heteroatoms. The van der Waals surface area contributed by atoms with Crippen molar-refractivity contribution in [2.75, 3.05) is 27.2 Å². The molecule has 1 heterocycles. The summed E-state index contributed by atoms with van der Waals surface area (Å²) < 4.78 is 6.25. The quantitative estimate of drug-likeness (QED) is 0.671. The van der Waals surface area contributed by atoms with Crippen LogP contribution in [-0.4, -0.2) is 42.7 Å². The fourth-order valence-corrected chi connectivity index (χ4v) is 1.63. The molecule has 0 aliphatic rings. The van der Waals surface area contributed by atoms with E-state index in [1.807, 2.05) is 13.1 Å². The molecule has 1 aromatic heterocycles. The Morgan fingerprint density at radius 2 is 2.17 bits per heavy atom. The fourth-order valence-electron chi connectivity index (χ4n) is 1.63. The third-order valence-electron chi connectivity index (χ3n) is 2.77. The number of nitrogens with zero attached hydrogens (tertiary/aromatic N) is 2. The van der Waals surface area contributed by atoms with Crippen LogP contribution in [0.4, 0.5) is 0 Å². The Kier molecular flexibility index (Phi) is 6.14. The van der Waals surface area contributed by atoms with Gasteiger partial charge in [-0.25, -0.2) is 0 Å². The molecular formula is C13H20N2O3. The number of aromatic nitrogens is 1. The van der Waals surface area contributed by atoms with Crippen LogP contribution in [0.5, 0.6) is 0 Å². The number of rotatable bonds is 7. The van der Waals surface area contributed by atoms with Crippen LogP contribution in [0.15, 0.2) is 29.2 Å².